The second kappa shape index (κ2) is 5.69. The topological polar surface area (TPSA) is 56.3 Å². The maximum atomic E-state index is 5.50. The molecule has 1 aliphatic rings. The quantitative estimate of drug-likeness (QED) is 0.939. The van der Waals surface area contributed by atoms with Crippen molar-refractivity contribution < 1.29 is 9.47 Å². The number of anilines is 1. The van der Waals surface area contributed by atoms with E-state index < -0.39 is 0 Å². The first-order chi connectivity index (χ1) is 10.2. The standard InChI is InChI=1S/C16H19N3O2/c1-10-8-11(4-5-14(10)20-3)15-18-13-6-7-21-9-12(13)16(17-2)19-15/h4-5,8H,6-7,9H2,1-3H3,(H,17,18,19). The van der Waals surface area contributed by atoms with Gasteiger partial charge in [0.1, 0.15) is 11.6 Å². The molecule has 21 heavy (non-hydrogen) atoms. The lowest BCUT2D eigenvalue weighted by atomic mass is 10.1. The monoisotopic (exact) mass is 285 g/mol. The molecular formula is C16H19N3O2. The number of hydrogen-bond acceptors (Lipinski definition) is 5. The normalized spacial score (nSPS) is 13.7. The van der Waals surface area contributed by atoms with E-state index in [0.717, 1.165) is 46.2 Å². The van der Waals surface area contributed by atoms with Gasteiger partial charge in [-0.15, -0.1) is 0 Å². The highest BCUT2D eigenvalue weighted by atomic mass is 16.5. The van der Waals surface area contributed by atoms with E-state index in [9.17, 15) is 0 Å². The Bertz CT molecular complexity index is 654. The molecule has 0 saturated carbocycles. The van der Waals surface area contributed by atoms with E-state index in [1.807, 2.05) is 26.1 Å². The highest BCUT2D eigenvalue weighted by Crippen LogP contribution is 2.28. The Morgan fingerprint density at radius 1 is 1.29 bits per heavy atom. The van der Waals surface area contributed by atoms with E-state index >= 15 is 0 Å². The van der Waals surface area contributed by atoms with Crippen molar-refractivity contribution in [1.82, 2.24) is 9.97 Å². The molecule has 2 aromatic rings. The van der Waals surface area contributed by atoms with Crippen molar-refractivity contribution in [1.29, 1.82) is 0 Å². The SMILES string of the molecule is CNc1nc(-c2ccc(OC)c(C)c2)nc2c1COCC2. The fourth-order valence-electron chi connectivity index (χ4n) is 2.59. The third kappa shape index (κ3) is 2.56. The van der Waals surface area contributed by atoms with Crippen LogP contribution in [0.1, 0.15) is 16.8 Å². The molecule has 0 amide bonds. The number of ether oxygens (including phenoxy) is 2. The maximum Gasteiger partial charge on any atom is 0.161 e. The van der Waals surface area contributed by atoms with Gasteiger partial charge in [0.25, 0.3) is 0 Å². The van der Waals surface area contributed by atoms with Gasteiger partial charge in [0, 0.05) is 24.6 Å². The first kappa shape index (κ1) is 13.8. The third-order valence-corrected chi connectivity index (χ3v) is 3.71. The number of rotatable bonds is 3. The maximum absolute atomic E-state index is 5.50. The molecule has 5 nitrogen and oxygen atoms in total. The molecular weight excluding hydrogens is 266 g/mol. The van der Waals surface area contributed by atoms with Gasteiger partial charge in [-0.2, -0.15) is 0 Å². The highest BCUT2D eigenvalue weighted by Gasteiger charge is 2.18. The Balaban J connectivity index is 2.08. The summed E-state index contributed by atoms with van der Waals surface area (Å²) in [6.45, 7) is 3.31. The number of aromatic nitrogens is 2. The van der Waals surface area contributed by atoms with Crippen LogP contribution in [0.5, 0.6) is 5.75 Å². The Hall–Kier alpha value is -2.14. The first-order valence-corrected chi connectivity index (χ1v) is 7.03. The summed E-state index contributed by atoms with van der Waals surface area (Å²) in [5.74, 6) is 2.47. The Morgan fingerprint density at radius 3 is 2.86 bits per heavy atom. The smallest absolute Gasteiger partial charge is 0.161 e. The summed E-state index contributed by atoms with van der Waals surface area (Å²) in [7, 11) is 3.55. The Morgan fingerprint density at radius 2 is 2.14 bits per heavy atom. The zero-order valence-corrected chi connectivity index (χ0v) is 12.6. The van der Waals surface area contributed by atoms with Crippen molar-refractivity contribution in [3.8, 4) is 17.1 Å². The molecule has 1 aromatic carbocycles. The van der Waals surface area contributed by atoms with Crippen LogP contribution in [0, 0.1) is 6.92 Å². The average Bonchev–Trinajstić information content (AvgIpc) is 2.53. The zero-order chi connectivity index (χ0) is 14.8. The average molecular weight is 285 g/mol. The molecule has 5 heteroatoms. The predicted molar refractivity (Wildman–Crippen MR) is 81.7 cm³/mol. The first-order valence-electron chi connectivity index (χ1n) is 7.03. The number of hydrogen-bond donors (Lipinski definition) is 1. The summed E-state index contributed by atoms with van der Waals surface area (Å²) in [5, 5.41) is 3.15. The Kier molecular flexibility index (Phi) is 3.75. The summed E-state index contributed by atoms with van der Waals surface area (Å²) in [5.41, 5.74) is 4.21. The molecule has 1 aromatic heterocycles. The molecule has 0 radical (unpaired) electrons. The van der Waals surface area contributed by atoms with E-state index in [0.29, 0.717) is 13.2 Å². The number of fused-ring (bicyclic) bond motifs is 1. The van der Waals surface area contributed by atoms with E-state index in [4.69, 9.17) is 14.5 Å². The van der Waals surface area contributed by atoms with Gasteiger partial charge in [0.05, 0.1) is 26.0 Å². The predicted octanol–water partition coefficient (Wildman–Crippen LogP) is 2.58. The molecule has 2 heterocycles. The van der Waals surface area contributed by atoms with Crippen LogP contribution in [0.25, 0.3) is 11.4 Å². The second-order valence-electron chi connectivity index (χ2n) is 5.06. The van der Waals surface area contributed by atoms with Crippen LogP contribution in [0.4, 0.5) is 5.82 Å². The van der Waals surface area contributed by atoms with Crippen LogP contribution in [0.2, 0.25) is 0 Å². The van der Waals surface area contributed by atoms with E-state index in [1.165, 1.54) is 0 Å². The molecule has 3 rings (SSSR count). The number of nitrogens with zero attached hydrogens (tertiary/aromatic N) is 2. The molecule has 0 unspecified atom stereocenters. The Labute approximate surface area is 124 Å². The van der Waals surface area contributed by atoms with Gasteiger partial charge in [0.2, 0.25) is 0 Å². The second-order valence-corrected chi connectivity index (χ2v) is 5.06. The van der Waals surface area contributed by atoms with Crippen LogP contribution in [-0.4, -0.2) is 30.7 Å². The van der Waals surface area contributed by atoms with E-state index in [1.54, 1.807) is 7.11 Å². The minimum Gasteiger partial charge on any atom is -0.496 e. The minimum atomic E-state index is 0.577. The van der Waals surface area contributed by atoms with Crippen molar-refractivity contribution in [3.05, 3.63) is 35.0 Å². The van der Waals surface area contributed by atoms with Gasteiger partial charge in [-0.25, -0.2) is 9.97 Å². The van der Waals surface area contributed by atoms with Crippen molar-refractivity contribution in [2.45, 2.75) is 20.0 Å². The molecule has 0 saturated heterocycles. The van der Waals surface area contributed by atoms with Gasteiger partial charge in [-0.3, -0.25) is 0 Å². The molecule has 110 valence electrons. The number of nitrogens with one attached hydrogen (secondary N) is 1. The zero-order valence-electron chi connectivity index (χ0n) is 12.6. The van der Waals surface area contributed by atoms with Gasteiger partial charge >= 0.3 is 0 Å². The lowest BCUT2D eigenvalue weighted by Crippen LogP contribution is -2.16. The lowest BCUT2D eigenvalue weighted by molar-refractivity contribution is 0.109. The largest absolute Gasteiger partial charge is 0.496 e. The van der Waals surface area contributed by atoms with Crippen LogP contribution in [-0.2, 0) is 17.8 Å². The summed E-state index contributed by atoms with van der Waals surface area (Å²) in [4.78, 5) is 9.35. The van der Waals surface area contributed by atoms with Crippen molar-refractivity contribution in [3.63, 3.8) is 0 Å². The van der Waals surface area contributed by atoms with Gasteiger partial charge < -0.3 is 14.8 Å². The summed E-state index contributed by atoms with van der Waals surface area (Å²) in [6.07, 6.45) is 0.828. The summed E-state index contributed by atoms with van der Waals surface area (Å²) < 4.78 is 10.8. The van der Waals surface area contributed by atoms with E-state index in [-0.39, 0.29) is 0 Å². The lowest BCUT2D eigenvalue weighted by Gasteiger charge is -2.19. The fourth-order valence-corrected chi connectivity index (χ4v) is 2.59. The molecule has 1 N–H and O–H groups in total. The molecule has 0 fully saturated rings. The van der Waals surface area contributed by atoms with Crippen LogP contribution in [0.15, 0.2) is 18.2 Å². The fraction of sp³-hybridized carbons (Fsp3) is 0.375. The van der Waals surface area contributed by atoms with Gasteiger partial charge in [-0.1, -0.05) is 0 Å². The van der Waals surface area contributed by atoms with Gasteiger partial charge in [-0.05, 0) is 30.7 Å². The summed E-state index contributed by atoms with van der Waals surface area (Å²) >= 11 is 0. The van der Waals surface area contributed by atoms with Gasteiger partial charge in [0.15, 0.2) is 5.82 Å². The molecule has 0 spiro atoms. The van der Waals surface area contributed by atoms with Crippen molar-refractivity contribution in [2.24, 2.45) is 0 Å². The third-order valence-electron chi connectivity index (χ3n) is 3.71. The molecule has 1 aliphatic heterocycles. The number of benzene rings is 1. The minimum absolute atomic E-state index is 0.577. The van der Waals surface area contributed by atoms with Crippen LogP contribution < -0.4 is 10.1 Å². The van der Waals surface area contributed by atoms with Crippen LogP contribution in [0.3, 0.4) is 0 Å². The highest BCUT2D eigenvalue weighted by molar-refractivity contribution is 5.62. The molecule has 0 aliphatic carbocycles. The molecule has 0 atom stereocenters. The van der Waals surface area contributed by atoms with E-state index in [2.05, 4.69) is 16.4 Å². The molecule has 0 bridgehead atoms. The number of methoxy groups -OCH3 is 1. The van der Waals surface area contributed by atoms with Crippen molar-refractivity contribution in [2.75, 3.05) is 26.1 Å². The van der Waals surface area contributed by atoms with Crippen molar-refractivity contribution >= 4 is 5.82 Å². The summed E-state index contributed by atoms with van der Waals surface area (Å²) in [6, 6.07) is 6.00. The number of aryl methyl sites for hydroxylation is 1. The van der Waals surface area contributed by atoms with Crippen LogP contribution >= 0.6 is 0 Å².